The molecule has 5 N–H and O–H groups in total. The first-order valence-corrected chi connectivity index (χ1v) is 5.84. The van der Waals surface area contributed by atoms with Crippen molar-refractivity contribution in [2.45, 2.75) is 33.4 Å². The molecule has 0 aliphatic rings. The molecule has 1 aromatic heterocycles. The highest BCUT2D eigenvalue weighted by Crippen LogP contribution is 2.03. The van der Waals surface area contributed by atoms with Crippen molar-refractivity contribution in [1.82, 2.24) is 15.6 Å². The summed E-state index contributed by atoms with van der Waals surface area (Å²) in [6.07, 6.45) is 0. The average molecular weight is 266 g/mol. The van der Waals surface area contributed by atoms with E-state index < -0.39 is 18.0 Å². The number of urea groups is 1. The van der Waals surface area contributed by atoms with Gasteiger partial charge in [-0.25, -0.2) is 4.79 Å². The highest BCUT2D eigenvalue weighted by molar-refractivity contribution is 5.86. The van der Waals surface area contributed by atoms with Crippen molar-refractivity contribution in [2.75, 3.05) is 0 Å². The van der Waals surface area contributed by atoms with Crippen LogP contribution in [0.5, 0.6) is 0 Å². The maximum Gasteiger partial charge on any atom is 0.312 e. The number of nitrogens with one attached hydrogen (secondary N) is 3. The number of H-pyrrole nitrogens is 1. The maximum atomic E-state index is 11.7. The van der Waals surface area contributed by atoms with E-state index in [1.807, 2.05) is 6.07 Å². The van der Waals surface area contributed by atoms with Crippen LogP contribution in [0.4, 0.5) is 4.79 Å². The molecule has 0 aliphatic heterocycles. The van der Waals surface area contributed by atoms with Crippen LogP contribution in [0.1, 0.15) is 23.7 Å². The zero-order valence-electron chi connectivity index (χ0n) is 11.2. The third kappa shape index (κ3) is 4.13. The highest BCUT2D eigenvalue weighted by Gasteiger charge is 2.14. The fourth-order valence-electron chi connectivity index (χ4n) is 1.71. The van der Waals surface area contributed by atoms with E-state index in [9.17, 15) is 14.4 Å². The number of rotatable bonds is 4. The quantitative estimate of drug-likeness (QED) is 0.597. The first-order valence-electron chi connectivity index (χ1n) is 5.84. The Kier molecular flexibility index (Phi) is 4.68. The Morgan fingerprint density at radius 1 is 1.42 bits per heavy atom. The molecule has 1 unspecified atom stereocenters. The van der Waals surface area contributed by atoms with Crippen LogP contribution >= 0.6 is 0 Å². The molecular formula is C12H18N4O3. The number of hydrogen-bond donors (Lipinski definition) is 4. The van der Waals surface area contributed by atoms with Gasteiger partial charge in [0.15, 0.2) is 0 Å². The summed E-state index contributed by atoms with van der Waals surface area (Å²) >= 11 is 0. The van der Waals surface area contributed by atoms with Crippen LogP contribution < -0.4 is 21.9 Å². The lowest BCUT2D eigenvalue weighted by atomic mass is 10.1. The standard InChI is InChI=1S/C12H18N4O3/c1-6-4-7(2)15-11(18)9(6)5-14-10(17)8(3)16-12(13)19/h4,8H,5H2,1-3H3,(H,14,17)(H,15,18)(H3,13,16,19). The van der Waals surface area contributed by atoms with Crippen LogP contribution in [-0.4, -0.2) is 23.0 Å². The molecule has 7 nitrogen and oxygen atoms in total. The highest BCUT2D eigenvalue weighted by atomic mass is 16.2. The molecule has 0 saturated carbocycles. The first kappa shape index (κ1) is 14.7. The van der Waals surface area contributed by atoms with Crippen LogP contribution in [-0.2, 0) is 11.3 Å². The molecule has 7 heteroatoms. The Morgan fingerprint density at radius 2 is 2.05 bits per heavy atom. The Balaban J connectivity index is 2.70. The van der Waals surface area contributed by atoms with Crippen molar-refractivity contribution in [3.8, 4) is 0 Å². The second-order valence-electron chi connectivity index (χ2n) is 4.39. The zero-order chi connectivity index (χ0) is 14.6. The summed E-state index contributed by atoms with van der Waals surface area (Å²) in [5.74, 6) is -0.404. The number of aromatic amines is 1. The predicted molar refractivity (Wildman–Crippen MR) is 70.6 cm³/mol. The van der Waals surface area contributed by atoms with Gasteiger partial charge in [0.05, 0.1) is 0 Å². The van der Waals surface area contributed by atoms with Crippen LogP contribution in [0.3, 0.4) is 0 Å². The number of aromatic nitrogens is 1. The van der Waals surface area contributed by atoms with Crippen LogP contribution in [0.15, 0.2) is 10.9 Å². The number of nitrogens with two attached hydrogens (primary N) is 1. The molecule has 0 bridgehead atoms. The first-order chi connectivity index (χ1) is 8.81. The van der Waals surface area contributed by atoms with Crippen molar-refractivity contribution in [3.05, 3.63) is 33.2 Å². The molecule has 1 heterocycles. The molecule has 3 amide bonds. The van der Waals surface area contributed by atoms with Gasteiger partial charge in [-0.2, -0.15) is 0 Å². The summed E-state index contributed by atoms with van der Waals surface area (Å²) in [6.45, 7) is 5.20. The minimum atomic E-state index is -0.771. The Hall–Kier alpha value is -2.31. The van der Waals surface area contributed by atoms with Crippen LogP contribution in [0.2, 0.25) is 0 Å². The molecule has 0 fully saturated rings. The van der Waals surface area contributed by atoms with Gasteiger partial charge < -0.3 is 21.4 Å². The van der Waals surface area contributed by atoms with E-state index in [1.54, 1.807) is 13.8 Å². The predicted octanol–water partition coefficient (Wildman–Crippen LogP) is -0.335. The second-order valence-corrected chi connectivity index (χ2v) is 4.39. The summed E-state index contributed by atoms with van der Waals surface area (Å²) in [5.41, 5.74) is 6.75. The second kappa shape index (κ2) is 6.03. The van der Waals surface area contributed by atoms with Crippen molar-refractivity contribution in [2.24, 2.45) is 5.73 Å². The molecule has 104 valence electrons. The maximum absolute atomic E-state index is 11.7. The summed E-state index contributed by atoms with van der Waals surface area (Å²) in [4.78, 5) is 36.7. The third-order valence-corrected chi connectivity index (χ3v) is 2.69. The van der Waals surface area contributed by atoms with Gasteiger partial charge in [0, 0.05) is 17.8 Å². The Bertz CT molecular complexity index is 550. The molecular weight excluding hydrogens is 248 g/mol. The number of aryl methyl sites for hydroxylation is 2. The number of hydrogen-bond acceptors (Lipinski definition) is 3. The summed E-state index contributed by atoms with van der Waals surface area (Å²) in [5, 5.41) is 4.83. The number of amides is 3. The van der Waals surface area contributed by atoms with Crippen LogP contribution in [0.25, 0.3) is 0 Å². The minimum Gasteiger partial charge on any atom is -0.352 e. The molecule has 0 spiro atoms. The summed E-state index contributed by atoms with van der Waals surface area (Å²) < 4.78 is 0. The fraction of sp³-hybridized carbons (Fsp3) is 0.417. The van der Waals surface area contributed by atoms with Crippen LogP contribution in [0, 0.1) is 13.8 Å². The van der Waals surface area contributed by atoms with Gasteiger partial charge in [0.1, 0.15) is 6.04 Å². The zero-order valence-corrected chi connectivity index (χ0v) is 11.2. The van der Waals surface area contributed by atoms with Gasteiger partial charge >= 0.3 is 6.03 Å². The van der Waals surface area contributed by atoms with Gasteiger partial charge in [-0.05, 0) is 32.4 Å². The largest absolute Gasteiger partial charge is 0.352 e. The molecule has 0 aliphatic carbocycles. The number of primary amides is 1. The topological polar surface area (TPSA) is 117 Å². The van der Waals surface area contributed by atoms with Gasteiger partial charge in [-0.3, -0.25) is 9.59 Å². The summed E-state index contributed by atoms with van der Waals surface area (Å²) in [6, 6.07) is 0.308. The average Bonchev–Trinajstić information content (AvgIpc) is 2.26. The van der Waals surface area contributed by atoms with E-state index in [4.69, 9.17) is 5.73 Å². The van der Waals surface area contributed by atoms with E-state index >= 15 is 0 Å². The lowest BCUT2D eigenvalue weighted by Crippen LogP contribution is -2.46. The van der Waals surface area contributed by atoms with Crippen molar-refractivity contribution in [3.63, 3.8) is 0 Å². The Labute approximate surface area is 110 Å². The van der Waals surface area contributed by atoms with E-state index in [-0.39, 0.29) is 12.1 Å². The van der Waals surface area contributed by atoms with E-state index in [1.165, 1.54) is 6.92 Å². The SMILES string of the molecule is Cc1cc(C)c(CNC(=O)C(C)NC(N)=O)c(=O)[nH]1. The molecule has 0 aromatic carbocycles. The number of carbonyl (C=O) groups excluding carboxylic acids is 2. The monoisotopic (exact) mass is 266 g/mol. The van der Waals surface area contributed by atoms with Gasteiger partial charge in [0.25, 0.3) is 5.56 Å². The van der Waals surface area contributed by atoms with Gasteiger partial charge in [-0.1, -0.05) is 0 Å². The van der Waals surface area contributed by atoms with Crippen molar-refractivity contribution in [1.29, 1.82) is 0 Å². The molecule has 1 aromatic rings. The van der Waals surface area contributed by atoms with E-state index in [0.29, 0.717) is 5.56 Å². The lowest BCUT2D eigenvalue weighted by Gasteiger charge is -2.13. The number of carbonyl (C=O) groups is 2. The minimum absolute atomic E-state index is 0.102. The molecule has 0 saturated heterocycles. The van der Waals surface area contributed by atoms with E-state index in [0.717, 1.165) is 11.3 Å². The normalized spacial score (nSPS) is 11.7. The van der Waals surface area contributed by atoms with Crippen molar-refractivity contribution >= 4 is 11.9 Å². The summed E-state index contributed by atoms with van der Waals surface area (Å²) in [7, 11) is 0. The molecule has 0 radical (unpaired) electrons. The molecule has 1 atom stereocenters. The molecule has 1 rings (SSSR count). The lowest BCUT2D eigenvalue weighted by molar-refractivity contribution is -0.122. The van der Waals surface area contributed by atoms with Gasteiger partial charge in [0.2, 0.25) is 5.91 Å². The van der Waals surface area contributed by atoms with Gasteiger partial charge in [-0.15, -0.1) is 0 Å². The molecule has 19 heavy (non-hydrogen) atoms. The smallest absolute Gasteiger partial charge is 0.312 e. The fourth-order valence-corrected chi connectivity index (χ4v) is 1.71. The van der Waals surface area contributed by atoms with E-state index in [2.05, 4.69) is 15.6 Å². The van der Waals surface area contributed by atoms with Crippen molar-refractivity contribution < 1.29 is 9.59 Å². The third-order valence-electron chi connectivity index (χ3n) is 2.69. The Morgan fingerprint density at radius 3 is 2.58 bits per heavy atom. The number of pyridine rings is 1.